The van der Waals surface area contributed by atoms with E-state index in [2.05, 4.69) is 10.2 Å². The van der Waals surface area contributed by atoms with Crippen LogP contribution in [0.15, 0.2) is 35.1 Å². The standard InChI is InChI=1S/C17H17N3O7/c1-10(21)7-13(27-11(2)22)9-26-16-5-3-12(20(24)25)8-14(16)15-4-6-17(23)19-18-15/h3-6,8,13H,7,9H2,1-2H3,(H,19,23). The van der Waals surface area contributed by atoms with Gasteiger partial charge in [0.15, 0.2) is 0 Å². The van der Waals surface area contributed by atoms with E-state index in [1.807, 2.05) is 0 Å². The highest BCUT2D eigenvalue weighted by molar-refractivity contribution is 5.76. The molecule has 1 heterocycles. The number of nitro groups is 1. The Morgan fingerprint density at radius 3 is 2.56 bits per heavy atom. The molecule has 1 aromatic heterocycles. The van der Waals surface area contributed by atoms with E-state index < -0.39 is 22.6 Å². The Balaban J connectivity index is 2.32. The molecule has 0 saturated heterocycles. The second-order valence-electron chi connectivity index (χ2n) is 5.69. The molecule has 0 spiro atoms. The molecule has 142 valence electrons. The number of non-ortho nitro benzene ring substituents is 1. The lowest BCUT2D eigenvalue weighted by Gasteiger charge is -2.18. The van der Waals surface area contributed by atoms with Crippen LogP contribution in [0.1, 0.15) is 20.3 Å². The van der Waals surface area contributed by atoms with Crippen molar-refractivity contribution in [2.45, 2.75) is 26.4 Å². The summed E-state index contributed by atoms with van der Waals surface area (Å²) in [5.74, 6) is -0.520. The van der Waals surface area contributed by atoms with Gasteiger partial charge in [0, 0.05) is 31.5 Å². The highest BCUT2D eigenvalue weighted by Crippen LogP contribution is 2.32. The normalized spacial score (nSPS) is 11.5. The number of esters is 1. The third kappa shape index (κ3) is 5.73. The second-order valence-corrected chi connectivity index (χ2v) is 5.69. The molecule has 2 rings (SSSR count). The first-order valence-corrected chi connectivity index (χ1v) is 7.90. The molecular weight excluding hydrogens is 358 g/mol. The molecule has 10 nitrogen and oxygen atoms in total. The summed E-state index contributed by atoms with van der Waals surface area (Å²) in [4.78, 5) is 44.2. The number of rotatable bonds is 8. The van der Waals surface area contributed by atoms with Crippen LogP contribution in [0.3, 0.4) is 0 Å². The summed E-state index contributed by atoms with van der Waals surface area (Å²) < 4.78 is 10.7. The van der Waals surface area contributed by atoms with E-state index >= 15 is 0 Å². The van der Waals surface area contributed by atoms with E-state index in [0.717, 1.165) is 0 Å². The van der Waals surface area contributed by atoms with Crippen LogP contribution in [-0.4, -0.2) is 39.6 Å². The Morgan fingerprint density at radius 1 is 1.26 bits per heavy atom. The molecule has 2 aromatic rings. The van der Waals surface area contributed by atoms with Crippen LogP contribution in [0.5, 0.6) is 5.75 Å². The molecule has 1 unspecified atom stereocenters. The van der Waals surface area contributed by atoms with Gasteiger partial charge in [-0.05, 0) is 19.1 Å². The molecule has 0 aliphatic carbocycles. The first kappa shape index (κ1) is 19.8. The van der Waals surface area contributed by atoms with E-state index in [0.29, 0.717) is 0 Å². The zero-order valence-corrected chi connectivity index (χ0v) is 14.6. The summed E-state index contributed by atoms with van der Waals surface area (Å²) in [5.41, 5.74) is -0.0950. The second kappa shape index (κ2) is 8.70. The smallest absolute Gasteiger partial charge is 0.303 e. The van der Waals surface area contributed by atoms with Crippen molar-refractivity contribution in [1.82, 2.24) is 10.2 Å². The van der Waals surface area contributed by atoms with Crippen LogP contribution in [0.2, 0.25) is 0 Å². The number of hydrogen-bond donors (Lipinski definition) is 1. The largest absolute Gasteiger partial charge is 0.489 e. The Bertz CT molecular complexity index is 886. The van der Waals surface area contributed by atoms with E-state index in [-0.39, 0.29) is 41.5 Å². The highest BCUT2D eigenvalue weighted by Gasteiger charge is 2.19. The van der Waals surface area contributed by atoms with Crippen molar-refractivity contribution in [3.8, 4) is 17.0 Å². The molecule has 1 aromatic carbocycles. The topological polar surface area (TPSA) is 141 Å². The number of carbonyl (C=O) groups excluding carboxylic acids is 2. The van der Waals surface area contributed by atoms with Crippen molar-refractivity contribution in [3.05, 3.63) is 50.8 Å². The number of ether oxygens (including phenoxy) is 2. The fourth-order valence-electron chi connectivity index (χ4n) is 2.32. The Kier molecular flexibility index (Phi) is 6.36. The fourth-order valence-corrected chi connectivity index (χ4v) is 2.32. The van der Waals surface area contributed by atoms with Gasteiger partial charge in [-0.2, -0.15) is 5.10 Å². The van der Waals surface area contributed by atoms with E-state index in [4.69, 9.17) is 9.47 Å². The Hall–Kier alpha value is -3.56. The van der Waals surface area contributed by atoms with Gasteiger partial charge in [-0.15, -0.1) is 0 Å². The number of ketones is 1. The lowest BCUT2D eigenvalue weighted by molar-refractivity contribution is -0.384. The average Bonchev–Trinajstić information content (AvgIpc) is 2.59. The number of aromatic amines is 1. The van der Waals surface area contributed by atoms with Gasteiger partial charge in [0.2, 0.25) is 0 Å². The molecule has 0 saturated carbocycles. The Labute approximate surface area is 153 Å². The summed E-state index contributed by atoms with van der Waals surface area (Å²) >= 11 is 0. The maximum Gasteiger partial charge on any atom is 0.303 e. The first-order valence-electron chi connectivity index (χ1n) is 7.90. The maximum absolute atomic E-state index is 11.3. The van der Waals surface area contributed by atoms with Crippen molar-refractivity contribution in [1.29, 1.82) is 0 Å². The SMILES string of the molecule is CC(=O)CC(COc1ccc([N+](=O)[O-])cc1-c1ccc(=O)[nH]n1)OC(C)=O. The maximum atomic E-state index is 11.3. The highest BCUT2D eigenvalue weighted by atomic mass is 16.6. The molecule has 27 heavy (non-hydrogen) atoms. The van der Waals surface area contributed by atoms with Gasteiger partial charge >= 0.3 is 5.97 Å². The number of aromatic nitrogens is 2. The quantitative estimate of drug-likeness (QED) is 0.417. The van der Waals surface area contributed by atoms with Crippen molar-refractivity contribution in [3.63, 3.8) is 0 Å². The zero-order valence-electron chi connectivity index (χ0n) is 14.6. The molecule has 0 radical (unpaired) electrons. The molecule has 0 bridgehead atoms. The number of nitrogens with zero attached hydrogens (tertiary/aromatic N) is 2. The van der Waals surface area contributed by atoms with Crippen molar-refractivity contribution in [2.24, 2.45) is 0 Å². The summed E-state index contributed by atoms with van der Waals surface area (Å²) in [7, 11) is 0. The van der Waals surface area contributed by atoms with E-state index in [9.17, 15) is 24.5 Å². The van der Waals surface area contributed by atoms with Gasteiger partial charge in [-0.1, -0.05) is 0 Å². The van der Waals surface area contributed by atoms with E-state index in [1.54, 1.807) is 0 Å². The lowest BCUT2D eigenvalue weighted by Crippen LogP contribution is -2.26. The molecular formula is C17H17N3O7. The van der Waals surface area contributed by atoms with Crippen LogP contribution in [-0.2, 0) is 14.3 Å². The minimum atomic E-state index is -0.799. The van der Waals surface area contributed by atoms with Gasteiger partial charge in [-0.25, -0.2) is 5.10 Å². The number of H-pyrrole nitrogens is 1. The zero-order chi connectivity index (χ0) is 20.0. The summed E-state index contributed by atoms with van der Waals surface area (Å²) in [6, 6.07) is 6.49. The molecule has 0 amide bonds. The minimum Gasteiger partial charge on any atom is -0.489 e. The number of Topliss-reactive ketones (excluding diaryl/α,β-unsaturated/α-hetero) is 1. The van der Waals surface area contributed by atoms with Crippen molar-refractivity contribution in [2.75, 3.05) is 6.61 Å². The van der Waals surface area contributed by atoms with Gasteiger partial charge in [0.25, 0.3) is 11.2 Å². The predicted octanol–water partition coefficient (Wildman–Crippen LogP) is 1.63. The molecule has 1 N–H and O–H groups in total. The van der Waals surface area contributed by atoms with Crippen molar-refractivity contribution >= 4 is 17.4 Å². The van der Waals surface area contributed by atoms with Gasteiger partial charge in [0.05, 0.1) is 16.2 Å². The van der Waals surface area contributed by atoms with E-state index in [1.165, 1.54) is 44.2 Å². The van der Waals surface area contributed by atoms with Crippen LogP contribution >= 0.6 is 0 Å². The van der Waals surface area contributed by atoms with Crippen molar-refractivity contribution < 1.29 is 24.0 Å². The number of hydrogen-bond acceptors (Lipinski definition) is 8. The van der Waals surface area contributed by atoms with Gasteiger partial charge in [0.1, 0.15) is 24.2 Å². The Morgan fingerprint density at radius 2 is 2.00 bits per heavy atom. The van der Waals surface area contributed by atoms with Gasteiger partial charge in [-0.3, -0.25) is 24.5 Å². The third-order valence-electron chi connectivity index (χ3n) is 3.40. The predicted molar refractivity (Wildman–Crippen MR) is 93.3 cm³/mol. The summed E-state index contributed by atoms with van der Waals surface area (Å²) in [6.45, 7) is 2.44. The van der Waals surface area contributed by atoms with Crippen LogP contribution in [0.4, 0.5) is 5.69 Å². The minimum absolute atomic E-state index is 0.0290. The third-order valence-corrected chi connectivity index (χ3v) is 3.40. The number of nitrogens with one attached hydrogen (secondary N) is 1. The first-order chi connectivity index (χ1) is 12.8. The molecule has 0 fully saturated rings. The van der Waals surface area contributed by atoms with Gasteiger partial charge < -0.3 is 9.47 Å². The number of benzene rings is 1. The summed E-state index contributed by atoms with van der Waals surface area (Å²) in [5, 5.41) is 17.2. The average molecular weight is 375 g/mol. The molecule has 0 aliphatic rings. The molecule has 1 atom stereocenters. The molecule has 10 heteroatoms. The monoisotopic (exact) mass is 375 g/mol. The lowest BCUT2D eigenvalue weighted by atomic mass is 10.1. The van der Waals surface area contributed by atoms with Crippen LogP contribution in [0.25, 0.3) is 11.3 Å². The summed E-state index contributed by atoms with van der Waals surface area (Å²) in [6.07, 6.45) is -0.828. The van der Waals surface area contributed by atoms with Crippen LogP contribution in [0, 0.1) is 10.1 Å². The fraction of sp³-hybridized carbons (Fsp3) is 0.294. The number of nitro benzene ring substituents is 1. The number of carbonyl (C=O) groups is 2. The molecule has 0 aliphatic heterocycles. The van der Waals surface area contributed by atoms with Crippen LogP contribution < -0.4 is 10.3 Å².